The van der Waals surface area contributed by atoms with Crippen LogP contribution in [0.2, 0.25) is 0 Å². The Morgan fingerprint density at radius 2 is 1.10 bits per heavy atom. The third-order valence-corrected chi connectivity index (χ3v) is 15.4. The molecule has 14 N–H and O–H groups in total. The van der Waals surface area contributed by atoms with Crippen molar-refractivity contribution in [1.82, 2.24) is 10.6 Å². The van der Waals surface area contributed by atoms with E-state index in [0.717, 1.165) is 57.8 Å². The number of aliphatic hydroxyl groups is 11. The van der Waals surface area contributed by atoms with Gasteiger partial charge in [0.05, 0.1) is 44.1 Å². The molecular weight excluding hydrogens is 1020 g/mol. The summed E-state index contributed by atoms with van der Waals surface area (Å²) in [5.74, 6) is -5.99. The second-order valence-corrected chi connectivity index (χ2v) is 22.7. The van der Waals surface area contributed by atoms with Crippen LogP contribution in [0.25, 0.3) is 0 Å². The van der Waals surface area contributed by atoms with Crippen molar-refractivity contribution >= 4 is 17.8 Å². The van der Waals surface area contributed by atoms with Crippen molar-refractivity contribution in [2.75, 3.05) is 26.4 Å². The van der Waals surface area contributed by atoms with Crippen LogP contribution in [-0.4, -0.2) is 197 Å². The van der Waals surface area contributed by atoms with Crippen LogP contribution in [0.3, 0.4) is 0 Å². The van der Waals surface area contributed by atoms with Gasteiger partial charge in [0.1, 0.15) is 61.5 Å². The largest absolute Gasteiger partial charge is 0.477 e. The molecule has 0 radical (unpaired) electrons. The first kappa shape index (κ1) is 71.9. The summed E-state index contributed by atoms with van der Waals surface area (Å²) in [6, 6.07) is -3.03. The minimum absolute atomic E-state index is 0.142. The quantitative estimate of drug-likeness (QED) is 0.0384. The zero-order valence-corrected chi connectivity index (χ0v) is 47.6. The fourth-order valence-corrected chi connectivity index (χ4v) is 10.3. The number of ether oxygens (including phenoxy) is 4. The lowest BCUT2D eigenvalue weighted by atomic mass is 9.88. The highest BCUT2D eigenvalue weighted by atomic mass is 16.7. The van der Waals surface area contributed by atoms with Gasteiger partial charge in [0.25, 0.3) is 5.79 Å². The molecule has 460 valence electrons. The predicted octanol–water partition coefficient (Wildman–Crippen LogP) is 3.90. The first-order valence-corrected chi connectivity index (χ1v) is 30.1. The number of aliphatic hydroxyl groups excluding tert-OH is 11. The van der Waals surface area contributed by atoms with Crippen LogP contribution in [0.4, 0.5) is 0 Å². The number of carbonyl (C=O) groups is 3. The molecule has 0 aliphatic carbocycles. The van der Waals surface area contributed by atoms with Crippen molar-refractivity contribution in [2.24, 2.45) is 5.92 Å². The Kier molecular flexibility index (Phi) is 38.5. The topological polar surface area (TPSA) is 355 Å². The van der Waals surface area contributed by atoms with Crippen molar-refractivity contribution in [2.45, 2.75) is 311 Å². The number of aliphatic carboxylic acids is 1. The standard InChI is InChI=1S/C57H108N2O19/c1-4-5-6-7-8-9-10-11-12-13-14-15-16-17-18-19-24-27-30-33-42(63)54(72)58-40(48(67)41(62)32-29-26-23-21-20-22-25-28-31-39(2)3)37-75-55-52(71)51(70)50(69)45(77-55)38-76-57(56(73)74)34-43(64)47(59-46(66)36-61)53(78-57)49(68)44(65)35-60/h39-45,47-53,55,60-65,67-71H,4-38H2,1-3H3,(H,58,72)(H,59,66)(H,73,74). The zero-order chi connectivity index (χ0) is 57.9. The van der Waals surface area contributed by atoms with E-state index >= 15 is 0 Å². The van der Waals surface area contributed by atoms with E-state index in [-0.39, 0.29) is 12.8 Å². The molecule has 21 nitrogen and oxygen atoms in total. The van der Waals surface area contributed by atoms with Crippen molar-refractivity contribution in [3.8, 4) is 0 Å². The summed E-state index contributed by atoms with van der Waals surface area (Å²) in [6.45, 7) is 2.93. The molecule has 2 aliphatic rings. The number of amides is 2. The van der Waals surface area contributed by atoms with Gasteiger partial charge in [0.15, 0.2) is 6.29 Å². The van der Waals surface area contributed by atoms with Gasteiger partial charge in [-0.15, -0.1) is 0 Å². The summed E-state index contributed by atoms with van der Waals surface area (Å²) in [5, 5.41) is 132. The first-order valence-electron chi connectivity index (χ1n) is 30.1. The number of nitrogens with one attached hydrogen (secondary N) is 2. The number of unbranched alkanes of at least 4 members (excludes halogenated alkanes) is 25. The summed E-state index contributed by atoms with van der Waals surface area (Å²) in [6.07, 6.45) is 9.58. The molecule has 0 aromatic carbocycles. The second kappa shape index (κ2) is 41.7. The van der Waals surface area contributed by atoms with E-state index in [2.05, 4.69) is 31.4 Å². The van der Waals surface area contributed by atoms with E-state index in [1.54, 1.807) is 0 Å². The van der Waals surface area contributed by atoms with Crippen LogP contribution >= 0.6 is 0 Å². The molecule has 2 amide bonds. The van der Waals surface area contributed by atoms with Crippen LogP contribution in [0.1, 0.15) is 220 Å². The van der Waals surface area contributed by atoms with Crippen LogP contribution in [0.5, 0.6) is 0 Å². The summed E-state index contributed by atoms with van der Waals surface area (Å²) in [4.78, 5) is 38.3. The van der Waals surface area contributed by atoms with Gasteiger partial charge in [-0.1, -0.05) is 201 Å². The Balaban J connectivity index is 2.03. The minimum Gasteiger partial charge on any atom is -0.477 e. The lowest BCUT2D eigenvalue weighted by molar-refractivity contribution is -0.339. The van der Waals surface area contributed by atoms with Crippen molar-refractivity contribution in [3.63, 3.8) is 0 Å². The van der Waals surface area contributed by atoms with Gasteiger partial charge in [-0.2, -0.15) is 0 Å². The molecule has 15 unspecified atom stereocenters. The Hall–Kier alpha value is -2.19. The van der Waals surface area contributed by atoms with Crippen LogP contribution in [-0.2, 0) is 33.3 Å². The number of hydrogen-bond acceptors (Lipinski definition) is 18. The highest BCUT2D eigenvalue weighted by Gasteiger charge is 2.57. The van der Waals surface area contributed by atoms with E-state index in [4.69, 9.17) is 18.9 Å². The molecule has 2 rings (SSSR count). The molecule has 78 heavy (non-hydrogen) atoms. The van der Waals surface area contributed by atoms with Crippen LogP contribution in [0.15, 0.2) is 0 Å². The smallest absolute Gasteiger partial charge is 0.364 e. The molecule has 0 aromatic rings. The minimum atomic E-state index is -2.89. The maximum Gasteiger partial charge on any atom is 0.364 e. The number of hydrogen-bond donors (Lipinski definition) is 14. The third kappa shape index (κ3) is 27.7. The second-order valence-electron chi connectivity index (χ2n) is 22.7. The molecule has 0 spiro atoms. The van der Waals surface area contributed by atoms with Gasteiger partial charge in [-0.3, -0.25) is 9.59 Å². The maximum absolute atomic E-state index is 13.4. The highest BCUT2D eigenvalue weighted by Crippen LogP contribution is 2.35. The number of rotatable bonds is 47. The van der Waals surface area contributed by atoms with Crippen molar-refractivity contribution < 1.29 is 94.6 Å². The maximum atomic E-state index is 13.4. The molecule has 2 saturated heterocycles. The lowest BCUT2D eigenvalue weighted by Crippen LogP contribution is -2.68. The Morgan fingerprint density at radius 3 is 1.56 bits per heavy atom. The van der Waals surface area contributed by atoms with Crippen molar-refractivity contribution in [3.05, 3.63) is 0 Å². The van der Waals surface area contributed by atoms with Gasteiger partial charge in [0.2, 0.25) is 11.8 Å². The third-order valence-electron chi connectivity index (χ3n) is 15.4. The molecule has 21 heteroatoms. The lowest BCUT2D eigenvalue weighted by Gasteiger charge is -2.47. The molecule has 0 saturated carbocycles. The van der Waals surface area contributed by atoms with Gasteiger partial charge in [-0.25, -0.2) is 4.79 Å². The molecular formula is C57H108N2O19. The number of carboxylic acids is 1. The monoisotopic (exact) mass is 1120 g/mol. The molecule has 2 fully saturated rings. The SMILES string of the molecule is CCCCCCCCCCCCCCCCCCCCCC(O)C(=O)NC(COC1OC(COC2(C(=O)O)CC(O)C(NC(=O)CO)C(C(O)C(O)CO)O2)C(O)C(O)C1O)C(O)C(O)CCCCCCCCCCC(C)C. The molecule has 0 aromatic heterocycles. The average Bonchev–Trinajstić information content (AvgIpc) is 3.48. The number of carboxylic acid groups (broad SMARTS) is 1. The van der Waals surface area contributed by atoms with E-state index < -0.39 is 142 Å². The summed E-state index contributed by atoms with van der Waals surface area (Å²) < 4.78 is 22.7. The molecule has 2 aliphatic heterocycles. The van der Waals surface area contributed by atoms with E-state index in [1.165, 1.54) is 109 Å². The fraction of sp³-hybridized carbons (Fsp3) is 0.947. The Bertz CT molecular complexity index is 1550. The Morgan fingerprint density at radius 1 is 0.628 bits per heavy atom. The van der Waals surface area contributed by atoms with Crippen LogP contribution < -0.4 is 10.6 Å². The Labute approximate surface area is 465 Å². The summed E-state index contributed by atoms with van der Waals surface area (Å²) >= 11 is 0. The van der Waals surface area contributed by atoms with E-state index in [9.17, 15) is 75.7 Å². The summed E-state index contributed by atoms with van der Waals surface area (Å²) in [7, 11) is 0. The molecule has 0 bridgehead atoms. The van der Waals surface area contributed by atoms with Crippen LogP contribution in [0, 0.1) is 5.92 Å². The molecule has 2 heterocycles. The first-order chi connectivity index (χ1) is 37.3. The van der Waals surface area contributed by atoms with Crippen molar-refractivity contribution in [1.29, 1.82) is 0 Å². The molecule has 15 atom stereocenters. The van der Waals surface area contributed by atoms with Gasteiger partial charge < -0.3 is 90.9 Å². The fourth-order valence-electron chi connectivity index (χ4n) is 10.3. The van der Waals surface area contributed by atoms with Gasteiger partial charge in [0, 0.05) is 6.42 Å². The average molecular weight is 1130 g/mol. The highest BCUT2D eigenvalue weighted by molar-refractivity contribution is 5.80. The van der Waals surface area contributed by atoms with E-state index in [1.807, 2.05) is 0 Å². The normalized spacial score (nSPS) is 26.0. The number of carbonyl (C=O) groups excluding carboxylic acids is 2. The predicted molar refractivity (Wildman–Crippen MR) is 292 cm³/mol. The van der Waals surface area contributed by atoms with E-state index in [0.29, 0.717) is 18.8 Å². The van der Waals surface area contributed by atoms with Gasteiger partial charge in [-0.05, 0) is 18.8 Å². The van der Waals surface area contributed by atoms with Gasteiger partial charge >= 0.3 is 5.97 Å². The summed E-state index contributed by atoms with van der Waals surface area (Å²) in [5.41, 5.74) is 0. The zero-order valence-electron chi connectivity index (χ0n) is 47.6.